The molecule has 0 aliphatic carbocycles. The van der Waals surface area contributed by atoms with Crippen molar-refractivity contribution in [1.29, 1.82) is 0 Å². The van der Waals surface area contributed by atoms with Crippen molar-refractivity contribution in [3.63, 3.8) is 0 Å². The Morgan fingerprint density at radius 1 is 1.10 bits per heavy atom. The van der Waals surface area contributed by atoms with Crippen molar-refractivity contribution < 1.29 is 14.7 Å². The van der Waals surface area contributed by atoms with Crippen molar-refractivity contribution in [1.82, 2.24) is 0 Å². The molecule has 0 heterocycles. The van der Waals surface area contributed by atoms with Crippen LogP contribution in [-0.4, -0.2) is 16.8 Å². The van der Waals surface area contributed by atoms with E-state index in [1.165, 1.54) is 19.1 Å². The lowest BCUT2D eigenvalue weighted by atomic mass is 10.1. The Morgan fingerprint density at radius 2 is 1.75 bits per heavy atom. The van der Waals surface area contributed by atoms with Crippen molar-refractivity contribution in [2.45, 2.75) is 6.92 Å². The van der Waals surface area contributed by atoms with E-state index < -0.39 is 5.91 Å². The average molecular weight is 270 g/mol. The lowest BCUT2D eigenvalue weighted by molar-refractivity contribution is 0.101. The number of carbonyl (C=O) groups is 2. The Balaban J connectivity index is 2.19. The molecule has 5 heteroatoms. The summed E-state index contributed by atoms with van der Waals surface area (Å²) in [6, 6.07) is 11.1. The predicted molar refractivity (Wildman–Crippen MR) is 76.9 cm³/mol. The highest BCUT2D eigenvalue weighted by atomic mass is 16.3. The summed E-state index contributed by atoms with van der Waals surface area (Å²) in [4.78, 5) is 23.2. The first kappa shape index (κ1) is 13.6. The van der Waals surface area contributed by atoms with Gasteiger partial charge in [-0.15, -0.1) is 0 Å². The van der Waals surface area contributed by atoms with Crippen LogP contribution in [0.15, 0.2) is 42.5 Å². The first-order valence-electron chi connectivity index (χ1n) is 5.99. The molecule has 20 heavy (non-hydrogen) atoms. The Kier molecular flexibility index (Phi) is 3.70. The van der Waals surface area contributed by atoms with Gasteiger partial charge in [0.1, 0.15) is 0 Å². The smallest absolute Gasteiger partial charge is 0.259 e. The predicted octanol–water partition coefficient (Wildman–Crippen LogP) is 2.43. The third-order valence-electron chi connectivity index (χ3n) is 2.86. The molecule has 0 radical (unpaired) electrons. The molecule has 2 aromatic carbocycles. The van der Waals surface area contributed by atoms with E-state index in [1.807, 2.05) is 0 Å². The maximum Gasteiger partial charge on any atom is 0.259 e. The normalized spacial score (nSPS) is 10.1. The van der Waals surface area contributed by atoms with Crippen LogP contribution in [0.25, 0.3) is 0 Å². The zero-order valence-corrected chi connectivity index (χ0v) is 10.9. The summed E-state index contributed by atoms with van der Waals surface area (Å²) in [5.74, 6) is -0.757. The number of phenols is 1. The fourth-order valence-corrected chi connectivity index (χ4v) is 1.73. The summed E-state index contributed by atoms with van der Waals surface area (Å²) in [6.45, 7) is 1.47. The number of hydrogen-bond donors (Lipinski definition) is 3. The first-order chi connectivity index (χ1) is 9.49. The minimum Gasteiger partial charge on any atom is -0.505 e. The molecule has 0 saturated heterocycles. The number of hydrogen-bond acceptors (Lipinski definition) is 4. The number of nitrogen functional groups attached to an aromatic ring is 1. The van der Waals surface area contributed by atoms with Crippen molar-refractivity contribution in [3.8, 4) is 5.75 Å². The van der Waals surface area contributed by atoms with Crippen molar-refractivity contribution in [2.24, 2.45) is 0 Å². The number of nitrogens with one attached hydrogen (secondary N) is 1. The molecule has 0 atom stereocenters. The van der Waals surface area contributed by atoms with Gasteiger partial charge < -0.3 is 16.2 Å². The van der Waals surface area contributed by atoms with Gasteiger partial charge in [-0.2, -0.15) is 0 Å². The number of aromatic hydroxyl groups is 1. The van der Waals surface area contributed by atoms with Crippen LogP contribution in [0.1, 0.15) is 27.6 Å². The quantitative estimate of drug-likeness (QED) is 0.453. The van der Waals surface area contributed by atoms with Crippen LogP contribution >= 0.6 is 0 Å². The largest absolute Gasteiger partial charge is 0.505 e. The number of ketones is 1. The first-order valence-corrected chi connectivity index (χ1v) is 5.99. The van der Waals surface area contributed by atoms with Gasteiger partial charge in [0.2, 0.25) is 0 Å². The molecular formula is C15H14N2O3. The fraction of sp³-hybridized carbons (Fsp3) is 0.0667. The maximum absolute atomic E-state index is 12.0. The summed E-state index contributed by atoms with van der Waals surface area (Å²) in [6.07, 6.45) is 0. The Hall–Kier alpha value is -2.82. The number of anilines is 2. The third kappa shape index (κ3) is 2.77. The Bertz CT molecular complexity index is 663. The summed E-state index contributed by atoms with van der Waals surface area (Å²) >= 11 is 0. The van der Waals surface area contributed by atoms with Crippen LogP contribution < -0.4 is 11.1 Å². The number of rotatable bonds is 3. The molecule has 0 spiro atoms. The number of Topliss-reactive ketones (excluding diaryl/α,β-unsaturated/α-hetero) is 1. The number of para-hydroxylation sites is 1. The highest BCUT2D eigenvalue weighted by molar-refractivity contribution is 6.07. The van der Waals surface area contributed by atoms with Gasteiger partial charge in [0, 0.05) is 11.3 Å². The zero-order chi connectivity index (χ0) is 14.7. The third-order valence-corrected chi connectivity index (χ3v) is 2.86. The van der Waals surface area contributed by atoms with Crippen molar-refractivity contribution in [2.75, 3.05) is 11.1 Å². The topological polar surface area (TPSA) is 92.4 Å². The SMILES string of the molecule is CC(=O)c1ccc(NC(=O)c2cccc(N)c2O)cc1. The zero-order valence-electron chi connectivity index (χ0n) is 10.9. The molecule has 4 N–H and O–H groups in total. The average Bonchev–Trinajstić information content (AvgIpc) is 2.42. The number of carbonyl (C=O) groups excluding carboxylic acids is 2. The molecule has 0 aromatic heterocycles. The van der Waals surface area contributed by atoms with E-state index >= 15 is 0 Å². The summed E-state index contributed by atoms with van der Waals surface area (Å²) in [7, 11) is 0. The number of nitrogens with two attached hydrogens (primary N) is 1. The van der Waals surface area contributed by atoms with Gasteiger partial charge in [0.25, 0.3) is 5.91 Å². The van der Waals surface area contributed by atoms with Gasteiger partial charge in [-0.25, -0.2) is 0 Å². The molecule has 2 rings (SSSR count). The molecule has 0 aliphatic rings. The highest BCUT2D eigenvalue weighted by Gasteiger charge is 2.13. The summed E-state index contributed by atoms with van der Waals surface area (Å²) in [5.41, 5.74) is 6.87. The Morgan fingerprint density at radius 3 is 2.35 bits per heavy atom. The Labute approximate surface area is 116 Å². The van der Waals surface area contributed by atoms with Gasteiger partial charge in [0.15, 0.2) is 11.5 Å². The lowest BCUT2D eigenvalue weighted by Gasteiger charge is -2.08. The minimum absolute atomic E-state index is 0.0450. The lowest BCUT2D eigenvalue weighted by Crippen LogP contribution is -2.12. The molecule has 5 nitrogen and oxygen atoms in total. The van der Waals surface area contributed by atoms with Crippen LogP contribution in [0, 0.1) is 0 Å². The number of benzene rings is 2. The molecule has 0 saturated carbocycles. The van der Waals surface area contributed by atoms with Crippen molar-refractivity contribution >= 4 is 23.1 Å². The van der Waals surface area contributed by atoms with Gasteiger partial charge in [-0.1, -0.05) is 6.07 Å². The maximum atomic E-state index is 12.0. The van der Waals surface area contributed by atoms with E-state index in [9.17, 15) is 14.7 Å². The number of phenolic OH excluding ortho intramolecular Hbond substituents is 1. The van der Waals surface area contributed by atoms with Gasteiger partial charge in [-0.05, 0) is 43.3 Å². The molecular weight excluding hydrogens is 256 g/mol. The number of amides is 1. The van der Waals surface area contributed by atoms with E-state index in [2.05, 4.69) is 5.32 Å². The molecule has 0 fully saturated rings. The van der Waals surface area contributed by atoms with Crippen LogP contribution in [0.2, 0.25) is 0 Å². The van der Waals surface area contributed by atoms with E-state index in [-0.39, 0.29) is 22.8 Å². The molecule has 0 bridgehead atoms. The highest BCUT2D eigenvalue weighted by Crippen LogP contribution is 2.25. The van der Waals surface area contributed by atoms with Gasteiger partial charge >= 0.3 is 0 Å². The summed E-state index contributed by atoms with van der Waals surface area (Å²) < 4.78 is 0. The fourth-order valence-electron chi connectivity index (χ4n) is 1.73. The summed E-state index contributed by atoms with van der Waals surface area (Å²) in [5, 5.41) is 12.4. The second-order valence-corrected chi connectivity index (χ2v) is 4.33. The van der Waals surface area contributed by atoms with Crippen molar-refractivity contribution in [3.05, 3.63) is 53.6 Å². The molecule has 2 aromatic rings. The second kappa shape index (κ2) is 5.44. The van der Waals surface area contributed by atoms with E-state index in [0.717, 1.165) is 0 Å². The van der Waals surface area contributed by atoms with E-state index in [0.29, 0.717) is 11.3 Å². The van der Waals surface area contributed by atoms with Crippen LogP contribution in [-0.2, 0) is 0 Å². The van der Waals surface area contributed by atoms with Crippen LogP contribution in [0.5, 0.6) is 5.75 Å². The molecule has 102 valence electrons. The van der Waals surface area contributed by atoms with E-state index in [1.54, 1.807) is 30.3 Å². The minimum atomic E-state index is -0.467. The standard InChI is InChI=1S/C15H14N2O3/c1-9(18)10-5-7-11(8-6-10)17-15(20)12-3-2-4-13(16)14(12)19/h2-8,19H,16H2,1H3,(H,17,20). The van der Waals surface area contributed by atoms with E-state index in [4.69, 9.17) is 5.73 Å². The second-order valence-electron chi connectivity index (χ2n) is 4.33. The molecule has 1 amide bonds. The van der Waals surface area contributed by atoms with Gasteiger partial charge in [0.05, 0.1) is 11.3 Å². The molecule has 0 aliphatic heterocycles. The van der Waals surface area contributed by atoms with Crippen LogP contribution in [0.4, 0.5) is 11.4 Å². The molecule has 0 unspecified atom stereocenters. The van der Waals surface area contributed by atoms with Crippen LogP contribution in [0.3, 0.4) is 0 Å². The van der Waals surface area contributed by atoms with Gasteiger partial charge in [-0.3, -0.25) is 9.59 Å². The monoisotopic (exact) mass is 270 g/mol.